The Kier molecular flexibility index (Phi) is 2.96. The van der Waals surface area contributed by atoms with Gasteiger partial charge in [-0.05, 0) is 73.7 Å². The zero-order valence-electron chi connectivity index (χ0n) is 13.4. The van der Waals surface area contributed by atoms with Crippen LogP contribution in [0.5, 0.6) is 0 Å². The Balaban J connectivity index is 1.72. The van der Waals surface area contributed by atoms with E-state index in [1.54, 1.807) is 0 Å². The molecule has 0 aromatic heterocycles. The molecule has 2 nitrogen and oxygen atoms in total. The van der Waals surface area contributed by atoms with Crippen molar-refractivity contribution >= 4 is 5.78 Å². The van der Waals surface area contributed by atoms with E-state index in [9.17, 15) is 9.90 Å². The summed E-state index contributed by atoms with van der Waals surface area (Å²) < 4.78 is 0. The Bertz CT molecular complexity index is 508. The Morgan fingerprint density at radius 3 is 2.67 bits per heavy atom. The lowest BCUT2D eigenvalue weighted by Gasteiger charge is -2.57. The summed E-state index contributed by atoms with van der Waals surface area (Å²) in [5, 5.41) is 10.4. The fourth-order valence-corrected chi connectivity index (χ4v) is 6.55. The first kappa shape index (κ1) is 14.0. The molecule has 0 unspecified atom stereocenters. The Morgan fingerprint density at radius 2 is 1.86 bits per heavy atom. The molecule has 0 radical (unpaired) electrons. The van der Waals surface area contributed by atoms with Crippen molar-refractivity contribution in [2.24, 2.45) is 28.6 Å². The van der Waals surface area contributed by atoms with Gasteiger partial charge in [-0.15, -0.1) is 0 Å². The van der Waals surface area contributed by atoms with Gasteiger partial charge in [0.15, 0.2) is 0 Å². The molecule has 0 heterocycles. The van der Waals surface area contributed by atoms with Crippen molar-refractivity contribution < 1.29 is 9.90 Å². The molecule has 116 valence electrons. The topological polar surface area (TPSA) is 37.3 Å². The number of rotatable bonds is 0. The largest absolute Gasteiger partial charge is 0.389 e. The molecular formula is C19H28O2. The third-order valence-electron chi connectivity index (χ3n) is 7.77. The number of aliphatic hydroxyl groups excluding tert-OH is 1. The molecule has 0 aliphatic heterocycles. The SMILES string of the molecule is C[C@]12CC[C@H]3[C@@H](CC=C4[C@@H](O)CCC[C@]43C)[C@@H]1CCC2=O. The lowest BCUT2D eigenvalue weighted by atomic mass is 9.48. The van der Waals surface area contributed by atoms with Gasteiger partial charge in [0.05, 0.1) is 6.10 Å². The van der Waals surface area contributed by atoms with Gasteiger partial charge in [0.1, 0.15) is 5.78 Å². The summed E-state index contributed by atoms with van der Waals surface area (Å²) in [5.41, 5.74) is 1.51. The van der Waals surface area contributed by atoms with E-state index in [1.165, 1.54) is 18.4 Å². The van der Waals surface area contributed by atoms with E-state index >= 15 is 0 Å². The third kappa shape index (κ3) is 1.72. The van der Waals surface area contributed by atoms with E-state index in [-0.39, 0.29) is 16.9 Å². The van der Waals surface area contributed by atoms with Crippen molar-refractivity contribution in [3.05, 3.63) is 11.6 Å². The van der Waals surface area contributed by atoms with Gasteiger partial charge in [-0.3, -0.25) is 4.79 Å². The average Bonchev–Trinajstić information content (AvgIpc) is 2.75. The number of carbonyl (C=O) groups excluding carboxylic acids is 1. The van der Waals surface area contributed by atoms with E-state index in [0.29, 0.717) is 23.5 Å². The molecule has 3 saturated carbocycles. The normalized spacial score (nSPS) is 52.7. The third-order valence-corrected chi connectivity index (χ3v) is 7.77. The highest BCUT2D eigenvalue weighted by molar-refractivity contribution is 5.87. The quantitative estimate of drug-likeness (QED) is 0.687. The fraction of sp³-hybridized carbons (Fsp3) is 0.842. The van der Waals surface area contributed by atoms with Crippen molar-refractivity contribution in [1.82, 2.24) is 0 Å². The van der Waals surface area contributed by atoms with Crippen LogP contribution in [-0.2, 0) is 4.79 Å². The highest BCUT2D eigenvalue weighted by atomic mass is 16.3. The second kappa shape index (κ2) is 4.44. The Hall–Kier alpha value is -0.630. The molecule has 0 amide bonds. The van der Waals surface area contributed by atoms with Gasteiger partial charge in [0.2, 0.25) is 0 Å². The zero-order valence-corrected chi connectivity index (χ0v) is 13.4. The van der Waals surface area contributed by atoms with Gasteiger partial charge < -0.3 is 5.11 Å². The van der Waals surface area contributed by atoms with Gasteiger partial charge in [-0.2, -0.15) is 0 Å². The van der Waals surface area contributed by atoms with Crippen LogP contribution in [0.2, 0.25) is 0 Å². The number of hydrogen-bond acceptors (Lipinski definition) is 2. The molecule has 4 aliphatic carbocycles. The lowest BCUT2D eigenvalue weighted by molar-refractivity contribution is -0.132. The second-order valence-corrected chi connectivity index (χ2v) is 8.52. The van der Waals surface area contributed by atoms with E-state index in [0.717, 1.165) is 38.5 Å². The number of hydrogen-bond donors (Lipinski definition) is 1. The highest BCUT2D eigenvalue weighted by Gasteiger charge is 2.58. The van der Waals surface area contributed by atoms with Crippen LogP contribution in [0.3, 0.4) is 0 Å². The molecule has 0 aromatic rings. The molecule has 6 atom stereocenters. The first-order valence-corrected chi connectivity index (χ1v) is 8.89. The number of Topliss-reactive ketones (excluding diaryl/α,β-unsaturated/α-hetero) is 1. The minimum Gasteiger partial charge on any atom is -0.389 e. The molecule has 21 heavy (non-hydrogen) atoms. The molecule has 1 N–H and O–H groups in total. The predicted molar refractivity (Wildman–Crippen MR) is 82.7 cm³/mol. The van der Waals surface area contributed by atoms with Gasteiger partial charge in [0, 0.05) is 11.8 Å². The minimum atomic E-state index is -0.205. The number of fused-ring (bicyclic) bond motifs is 5. The van der Waals surface area contributed by atoms with Crippen LogP contribution in [0.1, 0.15) is 65.2 Å². The summed E-state index contributed by atoms with van der Waals surface area (Å²) >= 11 is 0. The Morgan fingerprint density at radius 1 is 1.10 bits per heavy atom. The molecule has 0 spiro atoms. The maximum absolute atomic E-state index is 12.4. The number of aliphatic hydroxyl groups is 1. The summed E-state index contributed by atoms with van der Waals surface area (Å²) in [4.78, 5) is 12.4. The zero-order chi connectivity index (χ0) is 14.8. The van der Waals surface area contributed by atoms with E-state index in [4.69, 9.17) is 0 Å². The van der Waals surface area contributed by atoms with Gasteiger partial charge >= 0.3 is 0 Å². The van der Waals surface area contributed by atoms with E-state index < -0.39 is 0 Å². The number of allylic oxidation sites excluding steroid dienone is 1. The molecule has 4 aliphatic rings. The van der Waals surface area contributed by atoms with Gasteiger partial charge in [0.25, 0.3) is 0 Å². The van der Waals surface area contributed by atoms with E-state index in [2.05, 4.69) is 19.9 Å². The molecule has 2 heteroatoms. The van der Waals surface area contributed by atoms with Crippen LogP contribution in [0.25, 0.3) is 0 Å². The van der Waals surface area contributed by atoms with Crippen molar-refractivity contribution in [3.63, 3.8) is 0 Å². The first-order chi connectivity index (χ1) is 9.97. The predicted octanol–water partition coefficient (Wildman–Crippen LogP) is 3.88. The van der Waals surface area contributed by atoms with Crippen LogP contribution < -0.4 is 0 Å². The summed E-state index contributed by atoms with van der Waals surface area (Å²) in [6.45, 7) is 4.64. The summed E-state index contributed by atoms with van der Waals surface area (Å²) in [5.74, 6) is 2.48. The summed E-state index contributed by atoms with van der Waals surface area (Å²) in [6.07, 6.45) is 10.8. The maximum Gasteiger partial charge on any atom is 0.139 e. The van der Waals surface area contributed by atoms with Crippen molar-refractivity contribution in [2.45, 2.75) is 71.3 Å². The number of ketones is 1. The van der Waals surface area contributed by atoms with Gasteiger partial charge in [-0.1, -0.05) is 19.9 Å². The maximum atomic E-state index is 12.4. The van der Waals surface area contributed by atoms with Crippen LogP contribution in [-0.4, -0.2) is 17.0 Å². The van der Waals surface area contributed by atoms with Crippen LogP contribution in [0, 0.1) is 28.6 Å². The van der Waals surface area contributed by atoms with Crippen molar-refractivity contribution in [1.29, 1.82) is 0 Å². The fourth-order valence-electron chi connectivity index (χ4n) is 6.55. The summed E-state index contributed by atoms with van der Waals surface area (Å²) in [7, 11) is 0. The summed E-state index contributed by atoms with van der Waals surface area (Å²) in [6, 6.07) is 0. The standard InChI is InChI=1S/C19H28O2/c1-18-10-3-4-16(20)15(18)6-5-12-13-7-8-17(21)19(13,2)11-9-14(12)18/h6,12-14,16,20H,3-5,7-11H2,1-2H3/t12-,13-,14-,16-,18-,19-/m0/s1. The molecule has 0 aromatic carbocycles. The minimum absolute atomic E-state index is 0.0316. The molecule has 0 bridgehead atoms. The lowest BCUT2D eigenvalue weighted by Crippen LogP contribution is -2.51. The van der Waals surface area contributed by atoms with Gasteiger partial charge in [-0.25, -0.2) is 0 Å². The number of carbonyl (C=O) groups is 1. The molecule has 0 saturated heterocycles. The molecular weight excluding hydrogens is 260 g/mol. The Labute approximate surface area is 128 Å². The first-order valence-electron chi connectivity index (χ1n) is 8.89. The smallest absolute Gasteiger partial charge is 0.139 e. The van der Waals surface area contributed by atoms with Crippen molar-refractivity contribution in [2.75, 3.05) is 0 Å². The highest BCUT2D eigenvalue weighted by Crippen LogP contribution is 2.63. The monoisotopic (exact) mass is 288 g/mol. The van der Waals surface area contributed by atoms with Crippen LogP contribution in [0.4, 0.5) is 0 Å². The second-order valence-electron chi connectivity index (χ2n) is 8.52. The van der Waals surface area contributed by atoms with Crippen molar-refractivity contribution in [3.8, 4) is 0 Å². The molecule has 4 rings (SSSR count). The average molecular weight is 288 g/mol. The van der Waals surface area contributed by atoms with Crippen LogP contribution >= 0.6 is 0 Å². The van der Waals surface area contributed by atoms with Crippen LogP contribution in [0.15, 0.2) is 11.6 Å². The van der Waals surface area contributed by atoms with E-state index in [1.807, 2.05) is 0 Å². The molecule has 3 fully saturated rings.